The fraction of sp³-hybridized carbons (Fsp3) is 0. The Morgan fingerprint density at radius 2 is 0.517 bits per heavy atom. The summed E-state index contributed by atoms with van der Waals surface area (Å²) in [4.78, 5) is 0. The molecule has 0 aliphatic rings. The van der Waals surface area contributed by atoms with Gasteiger partial charge in [0.2, 0.25) is 0 Å². The maximum Gasteiger partial charge on any atom is -0.00262 e. The van der Waals surface area contributed by atoms with Gasteiger partial charge >= 0.3 is 0 Å². The van der Waals surface area contributed by atoms with Crippen molar-refractivity contribution in [3.8, 4) is 66.8 Å². The van der Waals surface area contributed by atoms with Crippen LogP contribution in [0.2, 0.25) is 0 Å². The van der Waals surface area contributed by atoms with Crippen LogP contribution in [0.25, 0.3) is 110 Å². The summed E-state index contributed by atoms with van der Waals surface area (Å²) < 4.78 is 0. The second-order valence-corrected chi connectivity index (χ2v) is 15.2. The molecule has 0 heteroatoms. The zero-order valence-electron chi connectivity index (χ0n) is 31.9. The molecule has 0 aliphatic heterocycles. The summed E-state index contributed by atoms with van der Waals surface area (Å²) in [5.41, 5.74) is 14.8. The van der Waals surface area contributed by atoms with Crippen molar-refractivity contribution in [2.75, 3.05) is 0 Å². The van der Waals surface area contributed by atoms with Crippen molar-refractivity contribution in [1.29, 1.82) is 0 Å². The Bertz CT molecular complexity index is 3190. The maximum absolute atomic E-state index is 2.38. The highest BCUT2D eigenvalue weighted by Gasteiger charge is 2.17. The lowest BCUT2D eigenvalue weighted by molar-refractivity contribution is 1.57. The van der Waals surface area contributed by atoms with Crippen LogP contribution in [0.4, 0.5) is 0 Å². The van der Waals surface area contributed by atoms with Gasteiger partial charge in [-0.3, -0.25) is 0 Å². The molecule has 0 atom stereocenters. The standard InChI is InChI=1S/C58H38/c1-4-16-39(17-5-1)46-36-47(40-18-6-2-7-19-40)38-48(37-46)50-33-32-49(51-22-10-11-23-52(50)51)44-30-28-43-35-45(31-29-42(43)34-44)58-55-26-14-12-24-53(55)57(41-20-8-3-9-21-41)54-25-13-15-27-56(54)58/h1-38H. The molecule has 0 aromatic heterocycles. The highest BCUT2D eigenvalue weighted by Crippen LogP contribution is 2.45. The molecule has 11 rings (SSSR count). The van der Waals surface area contributed by atoms with E-state index in [2.05, 4.69) is 231 Å². The molecule has 0 radical (unpaired) electrons. The second-order valence-electron chi connectivity index (χ2n) is 15.2. The smallest absolute Gasteiger partial charge is 0.00262 e. The zero-order chi connectivity index (χ0) is 38.4. The van der Waals surface area contributed by atoms with Crippen LogP contribution < -0.4 is 0 Å². The molecule has 0 fully saturated rings. The average Bonchev–Trinajstić information content (AvgIpc) is 3.30. The summed E-state index contributed by atoms with van der Waals surface area (Å²) in [5.74, 6) is 0. The van der Waals surface area contributed by atoms with Gasteiger partial charge in [-0.05, 0) is 140 Å². The van der Waals surface area contributed by atoms with Crippen molar-refractivity contribution >= 4 is 43.1 Å². The van der Waals surface area contributed by atoms with Gasteiger partial charge in [-0.25, -0.2) is 0 Å². The van der Waals surface area contributed by atoms with Gasteiger partial charge in [0.05, 0.1) is 0 Å². The Balaban J connectivity index is 1.03. The van der Waals surface area contributed by atoms with Crippen LogP contribution in [0.15, 0.2) is 231 Å². The molecule has 0 aliphatic carbocycles. The molecule has 11 aromatic carbocycles. The lowest BCUT2D eigenvalue weighted by Crippen LogP contribution is -1.91. The van der Waals surface area contributed by atoms with Crippen LogP contribution in [0.5, 0.6) is 0 Å². The monoisotopic (exact) mass is 734 g/mol. The fourth-order valence-electron chi connectivity index (χ4n) is 9.10. The maximum atomic E-state index is 2.38. The molecule has 0 saturated carbocycles. The summed E-state index contributed by atoms with van der Waals surface area (Å²) >= 11 is 0. The summed E-state index contributed by atoms with van der Waals surface area (Å²) in [5, 5.41) is 10.0. The van der Waals surface area contributed by atoms with E-state index >= 15 is 0 Å². The van der Waals surface area contributed by atoms with E-state index in [0.717, 1.165) is 0 Å². The predicted octanol–water partition coefficient (Wildman–Crippen LogP) is 16.3. The van der Waals surface area contributed by atoms with Crippen molar-refractivity contribution < 1.29 is 0 Å². The molecule has 270 valence electrons. The third-order valence-electron chi connectivity index (χ3n) is 11.8. The lowest BCUT2D eigenvalue weighted by Gasteiger charge is -2.18. The van der Waals surface area contributed by atoms with Crippen LogP contribution in [0.1, 0.15) is 0 Å². The Kier molecular flexibility index (Phi) is 8.26. The molecular weight excluding hydrogens is 697 g/mol. The van der Waals surface area contributed by atoms with Crippen molar-refractivity contribution in [1.82, 2.24) is 0 Å². The lowest BCUT2D eigenvalue weighted by atomic mass is 9.85. The molecule has 11 aromatic rings. The van der Waals surface area contributed by atoms with Crippen molar-refractivity contribution in [2.45, 2.75) is 0 Å². The first-order valence-electron chi connectivity index (χ1n) is 20.1. The first-order valence-corrected chi connectivity index (χ1v) is 20.1. The van der Waals surface area contributed by atoms with E-state index in [0.29, 0.717) is 0 Å². The minimum atomic E-state index is 1.21. The number of hydrogen-bond donors (Lipinski definition) is 0. The van der Waals surface area contributed by atoms with Crippen molar-refractivity contribution in [2.24, 2.45) is 0 Å². The molecule has 0 saturated heterocycles. The van der Waals surface area contributed by atoms with E-state index in [1.165, 1.54) is 110 Å². The van der Waals surface area contributed by atoms with Gasteiger partial charge in [0.1, 0.15) is 0 Å². The molecular formula is C58H38. The van der Waals surface area contributed by atoms with Crippen LogP contribution >= 0.6 is 0 Å². The van der Waals surface area contributed by atoms with E-state index in [4.69, 9.17) is 0 Å². The third kappa shape index (κ3) is 5.86. The van der Waals surface area contributed by atoms with Gasteiger partial charge in [0.15, 0.2) is 0 Å². The quantitative estimate of drug-likeness (QED) is 0.149. The first kappa shape index (κ1) is 33.8. The highest BCUT2D eigenvalue weighted by molar-refractivity contribution is 6.21. The van der Waals surface area contributed by atoms with Gasteiger partial charge in [-0.2, -0.15) is 0 Å². The van der Waals surface area contributed by atoms with E-state index in [1.54, 1.807) is 0 Å². The molecule has 0 unspecified atom stereocenters. The van der Waals surface area contributed by atoms with Crippen LogP contribution in [-0.2, 0) is 0 Å². The third-order valence-corrected chi connectivity index (χ3v) is 11.8. The van der Waals surface area contributed by atoms with E-state index in [-0.39, 0.29) is 0 Å². The first-order chi connectivity index (χ1) is 28.8. The number of benzene rings is 11. The minimum Gasteiger partial charge on any atom is -0.0622 e. The van der Waals surface area contributed by atoms with E-state index in [9.17, 15) is 0 Å². The zero-order valence-corrected chi connectivity index (χ0v) is 31.9. The normalized spacial score (nSPS) is 11.4. The second kappa shape index (κ2) is 14.2. The summed E-state index contributed by atoms with van der Waals surface area (Å²) in [6.45, 7) is 0. The average molecular weight is 735 g/mol. The van der Waals surface area contributed by atoms with Gasteiger partial charge in [-0.1, -0.05) is 200 Å². The minimum absolute atomic E-state index is 1.21. The van der Waals surface area contributed by atoms with Gasteiger partial charge in [-0.15, -0.1) is 0 Å². The topological polar surface area (TPSA) is 0 Å². The summed E-state index contributed by atoms with van der Waals surface area (Å²) in [6.07, 6.45) is 0. The molecule has 0 spiro atoms. The van der Waals surface area contributed by atoms with E-state index < -0.39 is 0 Å². The number of fused-ring (bicyclic) bond motifs is 4. The molecule has 0 bridgehead atoms. The van der Waals surface area contributed by atoms with Crippen molar-refractivity contribution in [3.05, 3.63) is 231 Å². The molecule has 0 amide bonds. The predicted molar refractivity (Wildman–Crippen MR) is 249 cm³/mol. The number of hydrogen-bond acceptors (Lipinski definition) is 0. The number of rotatable bonds is 6. The Hall–Kier alpha value is -7.54. The SMILES string of the molecule is c1ccc(-c2cc(-c3ccccc3)cc(-c3ccc(-c4ccc5cc(-c6c7ccccc7c(-c7ccccc7)c7ccccc67)ccc5c4)c4ccccc34)c2)cc1. The van der Waals surface area contributed by atoms with E-state index in [1.807, 2.05) is 0 Å². The van der Waals surface area contributed by atoms with Gasteiger partial charge in [0.25, 0.3) is 0 Å². The molecule has 0 heterocycles. The molecule has 0 N–H and O–H groups in total. The van der Waals surface area contributed by atoms with Crippen LogP contribution in [-0.4, -0.2) is 0 Å². The molecule has 58 heavy (non-hydrogen) atoms. The Morgan fingerprint density at radius 3 is 1.00 bits per heavy atom. The fourth-order valence-corrected chi connectivity index (χ4v) is 9.10. The Labute approximate surface area is 339 Å². The highest BCUT2D eigenvalue weighted by atomic mass is 14.2. The van der Waals surface area contributed by atoms with Gasteiger partial charge in [0, 0.05) is 0 Å². The summed E-state index contributed by atoms with van der Waals surface area (Å²) in [7, 11) is 0. The van der Waals surface area contributed by atoms with Crippen molar-refractivity contribution in [3.63, 3.8) is 0 Å². The molecule has 0 nitrogen and oxygen atoms in total. The summed E-state index contributed by atoms with van der Waals surface area (Å²) in [6, 6.07) is 84.5. The van der Waals surface area contributed by atoms with Crippen LogP contribution in [0.3, 0.4) is 0 Å². The largest absolute Gasteiger partial charge is 0.0622 e. The van der Waals surface area contributed by atoms with Crippen LogP contribution in [0, 0.1) is 0 Å². The Morgan fingerprint density at radius 1 is 0.172 bits per heavy atom. The van der Waals surface area contributed by atoms with Gasteiger partial charge < -0.3 is 0 Å².